The highest BCUT2D eigenvalue weighted by molar-refractivity contribution is 6.67. The Labute approximate surface area is 757 Å². The number of nitrogen functional groups attached to an aromatic ring is 2. The number of nitrogens with one attached hydrogen (secondary N) is 5. The van der Waals surface area contributed by atoms with Crippen LogP contribution in [0.2, 0.25) is 5.28 Å². The van der Waals surface area contributed by atoms with Gasteiger partial charge in [-0.05, 0) is 201 Å². The second-order valence-electron chi connectivity index (χ2n) is 32.7. The maximum atomic E-state index is 12.0. The van der Waals surface area contributed by atoms with Crippen molar-refractivity contribution in [2.75, 3.05) is 134 Å². The van der Waals surface area contributed by atoms with Gasteiger partial charge in [0.15, 0.2) is 16.9 Å². The SMILES string of the molecule is C1CCC2(C1)CNCCO2.CCCOCC.CCCOCC.CNC(=O)c1cccc(-c2ccc3c(N)nc(Cl)nc3n2)c1.CNC(=O)c1cccc(-c2ccc3c(N)nc(N4CCOC5(CCCC5)C4)nc3n2)c1.N#CC1(O)CCCC1.NCC1(O)CCCC1.O=C(CCl)NCC1(O)CCCC1.O=C(Cl)CCl.O=C1CCCC1.O=C1COC2(CCCC2)CN1. The van der Waals surface area contributed by atoms with E-state index in [0.29, 0.717) is 83.6 Å². The van der Waals surface area contributed by atoms with Gasteiger partial charge in [0.2, 0.25) is 28.3 Å². The van der Waals surface area contributed by atoms with Crippen molar-refractivity contribution in [1.82, 2.24) is 56.5 Å². The van der Waals surface area contributed by atoms with Crippen molar-refractivity contribution < 1.29 is 67.8 Å². The first-order valence-electron chi connectivity index (χ1n) is 44.4. The number of amides is 4. The van der Waals surface area contributed by atoms with E-state index in [0.717, 1.165) is 216 Å². The number of rotatable bonds is 16. The average molecular weight is 1820 g/mol. The molecule has 16 rings (SSSR count). The van der Waals surface area contributed by atoms with E-state index in [1.54, 1.807) is 50.5 Å². The molecule has 0 bridgehead atoms. The summed E-state index contributed by atoms with van der Waals surface area (Å²) in [4.78, 5) is 93.6. The number of hydrogen-bond donors (Lipinski definition) is 11. The van der Waals surface area contributed by atoms with Crippen LogP contribution in [0, 0.1) is 11.3 Å². The minimum absolute atomic E-state index is 0.0217. The number of carbonyl (C=O) groups is 6. The maximum absolute atomic E-state index is 12.0. The fourth-order valence-electron chi connectivity index (χ4n) is 15.9. The van der Waals surface area contributed by atoms with Crippen LogP contribution >= 0.6 is 46.4 Å². The lowest BCUT2D eigenvalue weighted by molar-refractivity contribution is -0.142. The highest BCUT2D eigenvalue weighted by atomic mass is 35.5. The number of aliphatic hydroxyl groups is 3. The van der Waals surface area contributed by atoms with Gasteiger partial charge in [-0.15, -0.1) is 23.2 Å². The van der Waals surface area contributed by atoms with Crippen LogP contribution in [-0.2, 0) is 42.9 Å². The molecule has 6 aromatic rings. The number of nitriles is 1. The van der Waals surface area contributed by atoms with Gasteiger partial charge in [-0.1, -0.05) is 102 Å². The van der Waals surface area contributed by atoms with Crippen molar-refractivity contribution in [2.45, 2.75) is 254 Å². The maximum Gasteiger partial charge on any atom is 0.251 e. The van der Waals surface area contributed by atoms with Gasteiger partial charge < -0.3 is 87.7 Å². The largest absolute Gasteiger partial charge is 0.389 e. The molecule has 10 aliphatic rings. The predicted molar refractivity (Wildman–Crippen MR) is 493 cm³/mol. The summed E-state index contributed by atoms with van der Waals surface area (Å²) >= 11 is 20.6. The van der Waals surface area contributed by atoms with Crippen LogP contribution in [0.25, 0.3) is 44.6 Å². The number of anilines is 3. The van der Waals surface area contributed by atoms with E-state index in [1.165, 1.54) is 51.4 Å². The van der Waals surface area contributed by atoms with Gasteiger partial charge in [0.1, 0.15) is 29.9 Å². The van der Waals surface area contributed by atoms with Crippen molar-refractivity contribution in [2.24, 2.45) is 5.73 Å². The fraction of sp³-hybridized carbons (Fsp3) is 0.637. The van der Waals surface area contributed by atoms with Crippen LogP contribution < -0.4 is 48.7 Å². The van der Waals surface area contributed by atoms with Gasteiger partial charge in [-0.25, -0.2) is 15.0 Å². The number of morpholine rings is 3. The Balaban J connectivity index is 0.000000226. The van der Waals surface area contributed by atoms with Crippen molar-refractivity contribution in [3.63, 3.8) is 0 Å². The summed E-state index contributed by atoms with van der Waals surface area (Å²) in [5, 5.41) is 51.6. The molecule has 3 aliphatic heterocycles. The number of alkyl halides is 2. The van der Waals surface area contributed by atoms with Crippen molar-refractivity contribution >= 4 is 121 Å². The van der Waals surface area contributed by atoms with Gasteiger partial charge >= 0.3 is 0 Å². The lowest BCUT2D eigenvalue weighted by atomic mass is 10.00. The number of Topliss-reactive ketones (excluding diaryl/α,β-unsaturated/α-hetero) is 1. The Morgan fingerprint density at radius 2 is 1.05 bits per heavy atom. The summed E-state index contributed by atoms with van der Waals surface area (Å²) in [5.74, 6) is 1.16. The summed E-state index contributed by atoms with van der Waals surface area (Å²) in [7, 11) is 3.21. The van der Waals surface area contributed by atoms with Crippen LogP contribution in [0.3, 0.4) is 0 Å². The molecular formula is C91H136Cl4N16O14. The average Bonchev–Trinajstić information content (AvgIpc) is 1.72. The number of ketones is 1. The van der Waals surface area contributed by atoms with Crippen LogP contribution in [0.5, 0.6) is 0 Å². The molecule has 7 saturated carbocycles. The normalized spacial score (nSPS) is 18.9. The van der Waals surface area contributed by atoms with Crippen molar-refractivity contribution in [3.8, 4) is 28.6 Å². The molecule has 0 unspecified atom stereocenters. The molecule has 4 aromatic heterocycles. The number of aromatic nitrogens is 6. The third-order valence-corrected chi connectivity index (χ3v) is 23.9. The molecule has 0 atom stereocenters. The summed E-state index contributed by atoms with van der Waals surface area (Å²) in [6.07, 6.45) is 31.9. The van der Waals surface area contributed by atoms with Gasteiger partial charge in [-0.2, -0.15) is 20.2 Å². The van der Waals surface area contributed by atoms with Gasteiger partial charge in [-0.3, -0.25) is 28.8 Å². The summed E-state index contributed by atoms with van der Waals surface area (Å²) < 4.78 is 27.4. The van der Waals surface area contributed by atoms with E-state index < -0.39 is 22.0 Å². The van der Waals surface area contributed by atoms with E-state index in [4.69, 9.17) is 108 Å². The number of ether oxygens (including phenoxy) is 5. The number of nitrogens with two attached hydrogens (primary N) is 3. The Morgan fingerprint density at radius 1 is 0.584 bits per heavy atom. The second-order valence-corrected chi connectivity index (χ2v) is 34.0. The van der Waals surface area contributed by atoms with E-state index in [9.17, 15) is 39.0 Å². The Kier molecular flexibility index (Phi) is 47.4. The van der Waals surface area contributed by atoms with E-state index in [-0.39, 0.29) is 69.9 Å². The smallest absolute Gasteiger partial charge is 0.251 e. The molecule has 14 N–H and O–H groups in total. The van der Waals surface area contributed by atoms with Gasteiger partial charge in [0.05, 0.1) is 75.3 Å². The zero-order chi connectivity index (χ0) is 91.2. The van der Waals surface area contributed by atoms with Crippen LogP contribution in [0.15, 0.2) is 72.8 Å². The van der Waals surface area contributed by atoms with Crippen LogP contribution in [0.1, 0.15) is 241 Å². The molecule has 30 nitrogen and oxygen atoms in total. The summed E-state index contributed by atoms with van der Waals surface area (Å²) in [5.41, 5.74) is 20.7. The standard InChI is InChI=1S/C23H26N6O2.C15H12ClN5O.C8H14ClNO2.C8H13NO2.C8H15NO.C6H13NO.C6H9NO.C5H8O.2C5H12O.C2H2Cl2O/c1-25-21(30)16-6-4-5-15(13-16)18-8-7-17-19(24)27-22(28-20(17)26-18)29-11-12-31-23(14-29)9-2-3-10-23;1-18-14(22)9-4-2-3-8(7-9)11-6-5-10-12(17)20-15(16)21-13(10)19-11;9-5-7(11)10-6-8(12)3-1-2-4-8;10-7-5-11-8(6-9-7)3-1-2-4-8;1-2-4-8(3-1)7-9-5-6-10-8;2*7-5-6(8)3-1-2-4-6;6-5-3-1-2-4-5;2*1-3-5-6-4-2;3-1-2(4)5/h4-8,13H,2-3,9-12,14H2,1H3,(H,25,30)(H2,24,26,27,28);2-7H,1H3,(H,18,22)(H2,17,19,20,21);12H,1-6H2,(H,10,11);1-6H2,(H,9,10);9H,1-7H2;8H,1-5,7H2;8H,1-4H2;1-4H2;2*3-5H2,1-2H3;1H2. The van der Waals surface area contributed by atoms with E-state index in [1.807, 2.05) is 56.3 Å². The molecule has 7 aliphatic carbocycles. The second kappa shape index (κ2) is 55.9. The number of carbonyl (C=O) groups excluding carboxylic acids is 6. The summed E-state index contributed by atoms with van der Waals surface area (Å²) in [6, 6.07) is 23.8. The lowest BCUT2D eigenvalue weighted by Crippen LogP contribution is -2.51. The lowest BCUT2D eigenvalue weighted by Gasteiger charge is -2.40. The molecule has 10 fully saturated rings. The topological polar surface area (TPSA) is 452 Å². The van der Waals surface area contributed by atoms with Gasteiger partial charge in [0, 0.05) is 121 Å². The Morgan fingerprint density at radius 3 is 1.45 bits per heavy atom. The van der Waals surface area contributed by atoms with Crippen molar-refractivity contribution in [3.05, 3.63) is 89.2 Å². The first-order valence-corrected chi connectivity index (χ1v) is 46.2. The number of benzene rings is 2. The molecule has 4 amide bonds. The molecule has 2 aromatic carbocycles. The van der Waals surface area contributed by atoms with Crippen molar-refractivity contribution in [1.29, 1.82) is 5.26 Å². The monoisotopic (exact) mass is 1820 g/mol. The first-order chi connectivity index (χ1) is 60.1. The fourth-order valence-corrected chi connectivity index (χ4v) is 16.2. The zero-order valence-corrected chi connectivity index (χ0v) is 77.1. The quantitative estimate of drug-likeness (QED) is 0.0141. The van der Waals surface area contributed by atoms with Gasteiger partial charge in [0.25, 0.3) is 11.8 Å². The third kappa shape index (κ3) is 36.8. The minimum atomic E-state index is -0.958. The number of fused-ring (bicyclic) bond motifs is 2. The first kappa shape index (κ1) is 106. The van der Waals surface area contributed by atoms with E-state index in [2.05, 4.69) is 65.3 Å². The number of halogens is 4. The Bertz CT molecular complexity index is 4280. The molecule has 3 saturated heterocycles. The Hall–Kier alpha value is -7.71. The molecule has 0 radical (unpaired) electrons. The molecule has 7 heterocycles. The van der Waals surface area contributed by atoms with Crippen LogP contribution in [0.4, 0.5) is 17.6 Å². The molecule has 692 valence electrons. The third-order valence-electron chi connectivity index (χ3n) is 23.0. The molecule has 34 heteroatoms. The number of hydrogen-bond acceptors (Lipinski definition) is 26. The van der Waals surface area contributed by atoms with E-state index >= 15 is 0 Å². The molecule has 125 heavy (non-hydrogen) atoms. The van der Waals surface area contributed by atoms with Crippen LogP contribution in [-0.4, -0.2) is 231 Å². The minimum Gasteiger partial charge on any atom is -0.389 e. The predicted octanol–water partition coefficient (Wildman–Crippen LogP) is 13.1. The number of nitrogens with zero attached hydrogens (tertiary/aromatic N) is 8. The molecule has 3 spiro atoms. The number of pyridine rings is 2. The highest BCUT2D eigenvalue weighted by Crippen LogP contribution is 2.39. The molecular weight excluding hydrogens is 1680 g/mol. The summed E-state index contributed by atoms with van der Waals surface area (Å²) in [6.45, 7) is 18.8. The zero-order valence-electron chi connectivity index (χ0n) is 74.1. The highest BCUT2D eigenvalue weighted by Gasteiger charge is 2.42.